The Morgan fingerprint density at radius 3 is 2.92 bits per heavy atom. The fourth-order valence-electron chi connectivity index (χ4n) is 1.19. The van der Waals surface area contributed by atoms with Gasteiger partial charge in [0.1, 0.15) is 12.7 Å². The highest BCUT2D eigenvalue weighted by Crippen LogP contribution is 2.25. The lowest BCUT2D eigenvalue weighted by Crippen LogP contribution is -2.51. The first kappa shape index (κ1) is 10.3. The maximum atomic E-state index is 12.9. The van der Waals surface area contributed by atoms with E-state index in [0.717, 1.165) is 0 Å². The summed E-state index contributed by atoms with van der Waals surface area (Å²) in [7, 11) is 0. The second-order valence-corrected chi connectivity index (χ2v) is 2.92. The first-order chi connectivity index (χ1) is 6.02. The number of ether oxygens (including phenoxy) is 1. The van der Waals surface area contributed by atoms with E-state index in [-0.39, 0.29) is 6.42 Å². The number of nitrogens with one attached hydrogen (secondary N) is 1. The van der Waals surface area contributed by atoms with Crippen LogP contribution in [0.1, 0.15) is 6.42 Å². The zero-order valence-electron chi connectivity index (χ0n) is 6.93. The van der Waals surface area contributed by atoms with E-state index in [4.69, 9.17) is 5.11 Å². The third-order valence-electron chi connectivity index (χ3n) is 1.82. The minimum atomic E-state index is -2.96. The first-order valence-electron chi connectivity index (χ1n) is 3.94. The van der Waals surface area contributed by atoms with E-state index in [1.165, 1.54) is 0 Å². The molecule has 0 bridgehead atoms. The summed E-state index contributed by atoms with van der Waals surface area (Å²) in [5, 5.41) is 10.7. The van der Waals surface area contributed by atoms with Gasteiger partial charge < -0.3 is 15.2 Å². The van der Waals surface area contributed by atoms with Gasteiger partial charge in [-0.15, -0.1) is 0 Å². The second-order valence-electron chi connectivity index (χ2n) is 2.92. The molecule has 1 unspecified atom stereocenters. The summed E-state index contributed by atoms with van der Waals surface area (Å²) in [6.45, 7) is -0.683. The van der Waals surface area contributed by atoms with Crippen LogP contribution in [0.5, 0.6) is 0 Å². The van der Waals surface area contributed by atoms with Crippen LogP contribution in [0, 0.1) is 0 Å². The Morgan fingerprint density at radius 2 is 2.38 bits per heavy atom. The molecule has 0 amide bonds. The summed E-state index contributed by atoms with van der Waals surface area (Å²) < 4.78 is 30.4. The molecule has 1 fully saturated rings. The molecule has 1 aliphatic heterocycles. The molecule has 1 rings (SSSR count). The van der Waals surface area contributed by atoms with Gasteiger partial charge in [-0.05, 0) is 13.0 Å². The number of halogens is 2. The first-order valence-corrected chi connectivity index (χ1v) is 3.94. The molecule has 0 spiro atoms. The second kappa shape index (κ2) is 3.97. The van der Waals surface area contributed by atoms with Crippen molar-refractivity contribution in [3.05, 3.63) is 0 Å². The van der Waals surface area contributed by atoms with Gasteiger partial charge in [0.05, 0.1) is 6.54 Å². The number of rotatable bonds is 3. The van der Waals surface area contributed by atoms with Gasteiger partial charge in [-0.1, -0.05) is 0 Å². The Hall–Kier alpha value is -0.750. The number of piperidine rings is 1. The van der Waals surface area contributed by atoms with Crippen LogP contribution in [0.25, 0.3) is 0 Å². The summed E-state index contributed by atoms with van der Waals surface area (Å²) >= 11 is 0. The van der Waals surface area contributed by atoms with E-state index < -0.39 is 31.1 Å². The smallest absolute Gasteiger partial charge is 0.329 e. The van der Waals surface area contributed by atoms with Crippen LogP contribution in [0.3, 0.4) is 0 Å². The molecule has 0 saturated carbocycles. The predicted molar refractivity (Wildman–Crippen MR) is 39.8 cm³/mol. The van der Waals surface area contributed by atoms with Crippen molar-refractivity contribution >= 4 is 5.97 Å². The number of hydrogen-bond donors (Lipinski definition) is 2. The van der Waals surface area contributed by atoms with Crippen molar-refractivity contribution in [3.63, 3.8) is 0 Å². The van der Waals surface area contributed by atoms with E-state index in [9.17, 15) is 13.6 Å². The molecular formula is C7H11F2NO3. The Kier molecular flexibility index (Phi) is 3.16. The third-order valence-corrected chi connectivity index (χ3v) is 1.82. The lowest BCUT2D eigenvalue weighted by molar-refractivity contribution is -0.167. The van der Waals surface area contributed by atoms with Crippen molar-refractivity contribution in [2.24, 2.45) is 0 Å². The fourth-order valence-corrected chi connectivity index (χ4v) is 1.19. The van der Waals surface area contributed by atoms with Crippen LogP contribution in [-0.2, 0) is 9.53 Å². The molecule has 2 N–H and O–H groups in total. The highest BCUT2D eigenvalue weighted by Gasteiger charge is 2.42. The van der Waals surface area contributed by atoms with Crippen molar-refractivity contribution in [1.82, 2.24) is 5.32 Å². The normalized spacial score (nSPS) is 27.1. The van der Waals surface area contributed by atoms with Crippen LogP contribution >= 0.6 is 0 Å². The summed E-state index contributed by atoms with van der Waals surface area (Å²) in [4.78, 5) is 10.1. The standard InChI is InChI=1S/C7H11F2NO3/c8-7(9)4-10-2-1-5(7)13-3-6(11)12/h5,10H,1-4H2,(H,11,12). The van der Waals surface area contributed by atoms with Crippen molar-refractivity contribution in [2.45, 2.75) is 18.4 Å². The molecule has 0 aromatic carbocycles. The number of aliphatic carboxylic acids is 1. The van der Waals surface area contributed by atoms with Gasteiger partial charge in [-0.2, -0.15) is 0 Å². The molecular weight excluding hydrogens is 184 g/mol. The Morgan fingerprint density at radius 1 is 1.69 bits per heavy atom. The molecule has 1 aliphatic rings. The van der Waals surface area contributed by atoms with Crippen LogP contribution < -0.4 is 5.32 Å². The molecule has 0 aromatic heterocycles. The molecule has 0 radical (unpaired) electrons. The summed E-state index contributed by atoms with van der Waals surface area (Å²) in [5.41, 5.74) is 0. The molecule has 76 valence electrons. The lowest BCUT2D eigenvalue weighted by atomic mass is 10.1. The number of carboxylic acid groups (broad SMARTS) is 1. The van der Waals surface area contributed by atoms with Crippen molar-refractivity contribution in [3.8, 4) is 0 Å². The minimum Gasteiger partial charge on any atom is -0.480 e. The van der Waals surface area contributed by atoms with Gasteiger partial charge in [-0.3, -0.25) is 0 Å². The van der Waals surface area contributed by atoms with Crippen LogP contribution in [0.15, 0.2) is 0 Å². The van der Waals surface area contributed by atoms with E-state index >= 15 is 0 Å². The molecule has 4 nitrogen and oxygen atoms in total. The molecule has 0 aliphatic carbocycles. The van der Waals surface area contributed by atoms with E-state index in [2.05, 4.69) is 10.1 Å². The Bertz CT molecular complexity index is 198. The molecule has 1 heterocycles. The Labute approximate surface area is 73.9 Å². The zero-order valence-corrected chi connectivity index (χ0v) is 6.93. The average Bonchev–Trinajstić information content (AvgIpc) is 2.01. The van der Waals surface area contributed by atoms with Gasteiger partial charge in [0.25, 0.3) is 5.92 Å². The topological polar surface area (TPSA) is 58.6 Å². The highest BCUT2D eigenvalue weighted by molar-refractivity contribution is 5.68. The molecule has 0 aromatic rings. The van der Waals surface area contributed by atoms with E-state index in [0.29, 0.717) is 6.54 Å². The number of hydrogen-bond acceptors (Lipinski definition) is 3. The maximum absolute atomic E-state index is 12.9. The van der Waals surface area contributed by atoms with Gasteiger partial charge >= 0.3 is 5.97 Å². The maximum Gasteiger partial charge on any atom is 0.329 e. The zero-order chi connectivity index (χ0) is 9.90. The predicted octanol–water partition coefficient (Wildman–Crippen LogP) is 0.0848. The summed E-state index contributed by atoms with van der Waals surface area (Å²) in [5.74, 6) is -4.19. The van der Waals surface area contributed by atoms with Crippen molar-refractivity contribution in [1.29, 1.82) is 0 Å². The monoisotopic (exact) mass is 195 g/mol. The lowest BCUT2D eigenvalue weighted by Gasteiger charge is -2.31. The number of carboxylic acids is 1. The fraction of sp³-hybridized carbons (Fsp3) is 0.857. The van der Waals surface area contributed by atoms with Gasteiger partial charge in [0.2, 0.25) is 0 Å². The average molecular weight is 195 g/mol. The molecule has 1 saturated heterocycles. The van der Waals surface area contributed by atoms with E-state index in [1.807, 2.05) is 0 Å². The third kappa shape index (κ3) is 2.89. The summed E-state index contributed by atoms with van der Waals surface area (Å²) in [6, 6.07) is 0. The largest absolute Gasteiger partial charge is 0.480 e. The van der Waals surface area contributed by atoms with Gasteiger partial charge in [0, 0.05) is 0 Å². The van der Waals surface area contributed by atoms with Crippen molar-refractivity contribution in [2.75, 3.05) is 19.7 Å². The summed E-state index contributed by atoms with van der Waals surface area (Å²) in [6.07, 6.45) is -1.13. The SMILES string of the molecule is O=C(O)COC1CCNCC1(F)F. The molecule has 13 heavy (non-hydrogen) atoms. The van der Waals surface area contributed by atoms with Crippen LogP contribution in [0.4, 0.5) is 8.78 Å². The van der Waals surface area contributed by atoms with Gasteiger partial charge in [-0.25, -0.2) is 13.6 Å². The van der Waals surface area contributed by atoms with Crippen LogP contribution in [0.2, 0.25) is 0 Å². The number of carbonyl (C=O) groups is 1. The van der Waals surface area contributed by atoms with E-state index in [1.54, 1.807) is 0 Å². The number of alkyl halides is 2. The van der Waals surface area contributed by atoms with Crippen molar-refractivity contribution < 1.29 is 23.4 Å². The molecule has 1 atom stereocenters. The Balaban J connectivity index is 2.41. The molecule has 6 heteroatoms. The highest BCUT2D eigenvalue weighted by atomic mass is 19.3. The van der Waals surface area contributed by atoms with Gasteiger partial charge in [0.15, 0.2) is 0 Å². The minimum absolute atomic E-state index is 0.139. The quantitative estimate of drug-likeness (QED) is 0.669. The van der Waals surface area contributed by atoms with Crippen LogP contribution in [-0.4, -0.2) is 42.8 Å².